The third-order valence-electron chi connectivity index (χ3n) is 3.31. The van der Waals surface area contributed by atoms with Crippen LogP contribution in [0, 0.1) is 5.95 Å². The van der Waals surface area contributed by atoms with Gasteiger partial charge in [-0.25, -0.2) is 4.98 Å². The molecule has 19 heavy (non-hydrogen) atoms. The van der Waals surface area contributed by atoms with E-state index in [1.54, 1.807) is 19.2 Å². The Morgan fingerprint density at radius 2 is 2.05 bits per heavy atom. The number of rotatable bonds is 2. The molecule has 1 aliphatic heterocycles. The van der Waals surface area contributed by atoms with E-state index in [1.807, 2.05) is 17.0 Å². The summed E-state index contributed by atoms with van der Waals surface area (Å²) in [5.74, 6) is 0.925. The normalized spacial score (nSPS) is 15.8. The lowest BCUT2D eigenvalue weighted by Gasteiger charge is -2.28. The summed E-state index contributed by atoms with van der Waals surface area (Å²) in [4.78, 5) is 6.08. The molecule has 2 heterocycles. The van der Waals surface area contributed by atoms with Crippen molar-refractivity contribution < 1.29 is 13.9 Å². The molecule has 0 aliphatic carbocycles. The van der Waals surface area contributed by atoms with Crippen molar-refractivity contribution in [3.63, 3.8) is 0 Å². The topological polar surface area (TPSA) is 34.6 Å². The summed E-state index contributed by atoms with van der Waals surface area (Å²) >= 11 is 0. The molecule has 4 nitrogen and oxygen atoms in total. The summed E-state index contributed by atoms with van der Waals surface area (Å²) in [6, 6.07) is 7.15. The van der Waals surface area contributed by atoms with Crippen LogP contribution in [0.4, 0.5) is 10.2 Å². The highest BCUT2D eigenvalue weighted by atomic mass is 19.1. The van der Waals surface area contributed by atoms with Gasteiger partial charge in [0, 0.05) is 18.5 Å². The molecule has 1 fully saturated rings. The van der Waals surface area contributed by atoms with Gasteiger partial charge in [0.05, 0.1) is 20.3 Å². The van der Waals surface area contributed by atoms with Gasteiger partial charge in [-0.1, -0.05) is 0 Å². The fraction of sp³-hybridized carbons (Fsp3) is 0.357. The van der Waals surface area contributed by atoms with Gasteiger partial charge in [-0.2, -0.15) is 4.39 Å². The van der Waals surface area contributed by atoms with Gasteiger partial charge in [0.2, 0.25) is 5.95 Å². The van der Waals surface area contributed by atoms with Crippen molar-refractivity contribution in [1.82, 2.24) is 4.98 Å². The first kappa shape index (κ1) is 12.2. The number of fused-ring (bicyclic) bond motifs is 1. The van der Waals surface area contributed by atoms with Crippen LogP contribution >= 0.6 is 0 Å². The number of ether oxygens (including phenoxy) is 2. The summed E-state index contributed by atoms with van der Waals surface area (Å²) in [6.07, 6.45) is 0. The first-order valence-corrected chi connectivity index (χ1v) is 6.25. The van der Waals surface area contributed by atoms with E-state index in [-0.39, 0.29) is 0 Å². The average molecular weight is 262 g/mol. The van der Waals surface area contributed by atoms with Crippen LogP contribution in [-0.2, 0) is 4.74 Å². The third-order valence-corrected chi connectivity index (χ3v) is 3.31. The molecule has 1 aromatic carbocycles. The highest BCUT2D eigenvalue weighted by Crippen LogP contribution is 2.26. The van der Waals surface area contributed by atoms with E-state index in [1.165, 1.54) is 0 Å². The summed E-state index contributed by atoms with van der Waals surface area (Å²) in [5, 5.41) is 1.31. The molecule has 0 N–H and O–H groups in total. The molecule has 3 rings (SSSR count). The number of hydrogen-bond donors (Lipinski definition) is 0. The predicted molar refractivity (Wildman–Crippen MR) is 71.3 cm³/mol. The Kier molecular flexibility index (Phi) is 3.21. The van der Waals surface area contributed by atoms with E-state index in [2.05, 4.69) is 4.98 Å². The molecular weight excluding hydrogens is 247 g/mol. The minimum absolute atomic E-state index is 0.443. The summed E-state index contributed by atoms with van der Waals surface area (Å²) in [5.41, 5.74) is 0. The van der Waals surface area contributed by atoms with E-state index < -0.39 is 5.95 Å². The fourth-order valence-corrected chi connectivity index (χ4v) is 2.26. The van der Waals surface area contributed by atoms with Crippen LogP contribution in [0.2, 0.25) is 0 Å². The van der Waals surface area contributed by atoms with Crippen molar-refractivity contribution in [3.8, 4) is 5.75 Å². The molecular formula is C14H15FN2O2. The zero-order valence-corrected chi connectivity index (χ0v) is 10.7. The lowest BCUT2D eigenvalue weighted by molar-refractivity contribution is 0.122. The molecule has 0 radical (unpaired) electrons. The Hall–Kier alpha value is -1.88. The average Bonchev–Trinajstić information content (AvgIpc) is 2.47. The van der Waals surface area contributed by atoms with E-state index in [0.29, 0.717) is 30.2 Å². The lowest BCUT2D eigenvalue weighted by atomic mass is 10.1. The molecule has 1 aliphatic rings. The lowest BCUT2D eigenvalue weighted by Crippen LogP contribution is -2.36. The molecule has 2 aromatic rings. The van der Waals surface area contributed by atoms with Crippen molar-refractivity contribution in [2.75, 3.05) is 38.3 Å². The molecule has 0 saturated carbocycles. The molecule has 100 valence electrons. The second-order valence-corrected chi connectivity index (χ2v) is 4.46. The molecule has 0 spiro atoms. The molecule has 0 bridgehead atoms. The van der Waals surface area contributed by atoms with Gasteiger partial charge in [-0.05, 0) is 29.7 Å². The maximum absolute atomic E-state index is 14.0. The number of methoxy groups -OCH3 is 1. The largest absolute Gasteiger partial charge is 0.497 e. The zero-order valence-electron chi connectivity index (χ0n) is 10.7. The second kappa shape index (κ2) is 5.01. The van der Waals surface area contributed by atoms with Crippen molar-refractivity contribution in [2.24, 2.45) is 0 Å². The number of morpholine rings is 1. The van der Waals surface area contributed by atoms with Crippen LogP contribution in [0.3, 0.4) is 0 Å². The number of benzene rings is 1. The fourth-order valence-electron chi connectivity index (χ4n) is 2.26. The summed E-state index contributed by atoms with van der Waals surface area (Å²) < 4.78 is 24.5. The SMILES string of the molecule is COc1ccc2c(F)nc(N3CCOCC3)cc2c1. The van der Waals surface area contributed by atoms with Crippen LogP contribution in [-0.4, -0.2) is 38.4 Å². The van der Waals surface area contributed by atoms with Gasteiger partial charge in [0.15, 0.2) is 0 Å². The Morgan fingerprint density at radius 3 is 2.79 bits per heavy atom. The van der Waals surface area contributed by atoms with Gasteiger partial charge in [0.25, 0.3) is 0 Å². The molecule has 1 aromatic heterocycles. The van der Waals surface area contributed by atoms with Crippen molar-refractivity contribution >= 4 is 16.6 Å². The van der Waals surface area contributed by atoms with Gasteiger partial charge in [-0.15, -0.1) is 0 Å². The first-order valence-electron chi connectivity index (χ1n) is 6.25. The van der Waals surface area contributed by atoms with Gasteiger partial charge in [0.1, 0.15) is 11.6 Å². The number of anilines is 1. The van der Waals surface area contributed by atoms with E-state index in [0.717, 1.165) is 18.5 Å². The second-order valence-electron chi connectivity index (χ2n) is 4.46. The van der Waals surface area contributed by atoms with E-state index in [9.17, 15) is 4.39 Å². The highest BCUT2D eigenvalue weighted by Gasteiger charge is 2.15. The van der Waals surface area contributed by atoms with Crippen LogP contribution in [0.25, 0.3) is 10.8 Å². The van der Waals surface area contributed by atoms with Crippen LogP contribution in [0.1, 0.15) is 0 Å². The van der Waals surface area contributed by atoms with Crippen LogP contribution < -0.4 is 9.64 Å². The number of halogens is 1. The maximum atomic E-state index is 14.0. The number of hydrogen-bond acceptors (Lipinski definition) is 4. The molecule has 0 unspecified atom stereocenters. The van der Waals surface area contributed by atoms with Crippen molar-refractivity contribution in [3.05, 3.63) is 30.2 Å². The summed E-state index contributed by atoms with van der Waals surface area (Å²) in [6.45, 7) is 2.78. The Balaban J connectivity index is 2.05. The first-order chi connectivity index (χ1) is 9.28. The van der Waals surface area contributed by atoms with Gasteiger partial charge in [-0.3, -0.25) is 0 Å². The molecule has 0 amide bonds. The Bertz CT molecular complexity index is 597. The van der Waals surface area contributed by atoms with Crippen LogP contribution in [0.5, 0.6) is 5.75 Å². The molecule has 1 saturated heterocycles. The maximum Gasteiger partial charge on any atom is 0.222 e. The highest BCUT2D eigenvalue weighted by molar-refractivity contribution is 5.86. The van der Waals surface area contributed by atoms with Crippen molar-refractivity contribution in [2.45, 2.75) is 0 Å². The Labute approximate surface area is 110 Å². The minimum Gasteiger partial charge on any atom is -0.497 e. The van der Waals surface area contributed by atoms with Gasteiger partial charge < -0.3 is 14.4 Å². The third kappa shape index (κ3) is 2.33. The predicted octanol–water partition coefficient (Wildman–Crippen LogP) is 2.22. The van der Waals surface area contributed by atoms with E-state index in [4.69, 9.17) is 9.47 Å². The smallest absolute Gasteiger partial charge is 0.222 e. The Morgan fingerprint density at radius 1 is 1.26 bits per heavy atom. The van der Waals surface area contributed by atoms with Crippen molar-refractivity contribution in [1.29, 1.82) is 0 Å². The summed E-state index contributed by atoms with van der Waals surface area (Å²) in [7, 11) is 1.60. The monoisotopic (exact) mass is 262 g/mol. The minimum atomic E-state index is -0.443. The molecule has 5 heteroatoms. The standard InChI is InChI=1S/C14H15FN2O2/c1-18-11-2-3-12-10(8-11)9-13(16-14(12)15)17-4-6-19-7-5-17/h2-3,8-9H,4-7H2,1H3. The van der Waals surface area contributed by atoms with Crippen LogP contribution in [0.15, 0.2) is 24.3 Å². The zero-order chi connectivity index (χ0) is 13.2. The van der Waals surface area contributed by atoms with Gasteiger partial charge >= 0.3 is 0 Å². The molecule has 0 atom stereocenters. The number of nitrogens with zero attached hydrogens (tertiary/aromatic N) is 2. The number of pyridine rings is 1. The van der Waals surface area contributed by atoms with E-state index >= 15 is 0 Å². The number of aromatic nitrogens is 1. The quantitative estimate of drug-likeness (QED) is 0.777.